The van der Waals surface area contributed by atoms with Crippen molar-refractivity contribution in [2.24, 2.45) is 5.73 Å². The molecule has 0 unspecified atom stereocenters. The molecule has 3 aromatic heterocycles. The number of nitrogens with two attached hydrogens (primary N) is 1. The van der Waals surface area contributed by atoms with Crippen LogP contribution >= 0.6 is 11.6 Å². The van der Waals surface area contributed by atoms with Gasteiger partial charge in [0.1, 0.15) is 5.75 Å². The normalized spacial score (nSPS) is 14.6. The minimum absolute atomic E-state index is 0.407. The molecule has 186 valence electrons. The highest BCUT2D eigenvalue weighted by molar-refractivity contribution is 6.33. The first kappa shape index (κ1) is 24.1. The van der Waals surface area contributed by atoms with Crippen LogP contribution in [0, 0.1) is 0 Å². The molecule has 0 saturated carbocycles. The average molecular weight is 505 g/mol. The van der Waals surface area contributed by atoms with Gasteiger partial charge in [0, 0.05) is 56.2 Å². The molecule has 0 atom stereocenters. The Balaban J connectivity index is 1.52. The number of aromatic nitrogens is 4. The Morgan fingerprint density at radius 1 is 1.17 bits per heavy atom. The predicted molar refractivity (Wildman–Crippen MR) is 145 cm³/mol. The van der Waals surface area contributed by atoms with Crippen LogP contribution in [0.1, 0.15) is 5.56 Å². The number of benzene rings is 1. The van der Waals surface area contributed by atoms with Crippen molar-refractivity contribution >= 4 is 40.5 Å². The van der Waals surface area contributed by atoms with E-state index in [2.05, 4.69) is 38.3 Å². The molecule has 0 aliphatic carbocycles. The Bertz CT molecular complexity index is 1390. The van der Waals surface area contributed by atoms with Crippen molar-refractivity contribution in [3.63, 3.8) is 0 Å². The van der Waals surface area contributed by atoms with Crippen molar-refractivity contribution in [3.8, 4) is 17.0 Å². The third-order valence-corrected chi connectivity index (χ3v) is 6.58. The number of hydrogen-bond acceptors (Lipinski definition) is 8. The van der Waals surface area contributed by atoms with Gasteiger partial charge >= 0.3 is 0 Å². The van der Waals surface area contributed by atoms with Crippen LogP contribution < -0.4 is 20.7 Å². The molecule has 10 heteroatoms. The molecule has 3 N–H and O–H groups in total. The lowest BCUT2D eigenvalue weighted by atomic mass is 10.1. The lowest BCUT2D eigenvalue weighted by Crippen LogP contribution is -2.44. The average Bonchev–Trinajstić information content (AvgIpc) is 3.33. The van der Waals surface area contributed by atoms with Crippen LogP contribution in [0.15, 0.2) is 55.0 Å². The second kappa shape index (κ2) is 10.5. The lowest BCUT2D eigenvalue weighted by molar-refractivity contribution is 0.312. The molecule has 4 heterocycles. The maximum atomic E-state index is 6.50. The minimum atomic E-state index is 0.407. The molecule has 1 aromatic carbocycles. The van der Waals surface area contributed by atoms with Crippen LogP contribution in [0.5, 0.6) is 5.75 Å². The maximum Gasteiger partial charge on any atom is 0.227 e. The van der Waals surface area contributed by atoms with Gasteiger partial charge < -0.3 is 25.6 Å². The number of methoxy groups -OCH3 is 1. The fraction of sp³-hybridized carbons (Fsp3) is 0.269. The highest BCUT2D eigenvalue weighted by atomic mass is 35.5. The molecule has 5 rings (SSSR count). The highest BCUT2D eigenvalue weighted by Crippen LogP contribution is 2.37. The zero-order valence-electron chi connectivity index (χ0n) is 20.4. The molecule has 4 aromatic rings. The molecule has 0 bridgehead atoms. The van der Waals surface area contributed by atoms with Crippen LogP contribution in [-0.4, -0.2) is 71.4 Å². The summed E-state index contributed by atoms with van der Waals surface area (Å²) in [5.41, 5.74) is 11.0. The van der Waals surface area contributed by atoms with Crippen LogP contribution in [0.4, 0.5) is 17.3 Å². The van der Waals surface area contributed by atoms with Crippen molar-refractivity contribution < 1.29 is 4.74 Å². The van der Waals surface area contributed by atoms with E-state index in [0.717, 1.165) is 54.2 Å². The molecule has 1 fully saturated rings. The Hall–Kier alpha value is -3.66. The molecule has 36 heavy (non-hydrogen) atoms. The van der Waals surface area contributed by atoms with Gasteiger partial charge in [0.05, 0.1) is 41.4 Å². The van der Waals surface area contributed by atoms with Gasteiger partial charge in [0.25, 0.3) is 0 Å². The van der Waals surface area contributed by atoms with Crippen molar-refractivity contribution in [2.75, 3.05) is 57.1 Å². The second-order valence-electron chi connectivity index (χ2n) is 8.64. The number of anilines is 3. The third kappa shape index (κ3) is 4.86. The summed E-state index contributed by atoms with van der Waals surface area (Å²) in [5.74, 6) is 1.11. The highest BCUT2D eigenvalue weighted by Gasteiger charge is 2.20. The van der Waals surface area contributed by atoms with Crippen LogP contribution in [0.3, 0.4) is 0 Å². The van der Waals surface area contributed by atoms with Gasteiger partial charge in [-0.2, -0.15) is 5.10 Å². The first-order valence-corrected chi connectivity index (χ1v) is 12.2. The first-order valence-electron chi connectivity index (χ1n) is 11.8. The SMILES string of the molecule is COc1cc(N2CCN(C)CC2)c(C=CCN)cc1Nc1ncc(Cl)c(-c2cnn3ccccc23)n1. The smallest absolute Gasteiger partial charge is 0.227 e. The quantitative estimate of drug-likeness (QED) is 0.391. The van der Waals surface area contributed by atoms with Crippen LogP contribution in [0.25, 0.3) is 22.9 Å². The van der Waals surface area contributed by atoms with Crippen molar-refractivity contribution in [1.29, 1.82) is 0 Å². The van der Waals surface area contributed by atoms with Gasteiger partial charge in [-0.3, -0.25) is 0 Å². The van der Waals surface area contributed by atoms with E-state index in [1.165, 1.54) is 0 Å². The van der Waals surface area contributed by atoms with E-state index < -0.39 is 0 Å². The van der Waals surface area contributed by atoms with Gasteiger partial charge in [-0.1, -0.05) is 29.8 Å². The van der Waals surface area contributed by atoms with E-state index in [9.17, 15) is 0 Å². The summed E-state index contributed by atoms with van der Waals surface area (Å²) < 4.78 is 7.56. The number of likely N-dealkylation sites (N-methyl/N-ethyl adjacent to an activating group) is 1. The third-order valence-electron chi connectivity index (χ3n) is 6.30. The number of nitrogens with zero attached hydrogens (tertiary/aromatic N) is 6. The molecule has 1 saturated heterocycles. The number of halogens is 1. The zero-order chi connectivity index (χ0) is 25.1. The molecule has 0 radical (unpaired) electrons. The topological polar surface area (TPSA) is 96.8 Å². The molecule has 0 amide bonds. The number of fused-ring (bicyclic) bond motifs is 1. The maximum absolute atomic E-state index is 6.50. The van der Waals surface area contributed by atoms with E-state index >= 15 is 0 Å². The fourth-order valence-corrected chi connectivity index (χ4v) is 4.55. The van der Waals surface area contributed by atoms with Gasteiger partial charge in [-0.15, -0.1) is 0 Å². The molecule has 1 aliphatic heterocycles. The summed E-state index contributed by atoms with van der Waals surface area (Å²) in [6, 6.07) is 9.96. The first-order chi connectivity index (χ1) is 17.6. The van der Waals surface area contributed by atoms with Crippen LogP contribution in [-0.2, 0) is 0 Å². The van der Waals surface area contributed by atoms with Crippen molar-refractivity contribution in [3.05, 3.63) is 65.6 Å². The van der Waals surface area contributed by atoms with Crippen LogP contribution in [0.2, 0.25) is 5.02 Å². The van der Waals surface area contributed by atoms with Gasteiger partial charge in [0.2, 0.25) is 5.95 Å². The number of rotatable bonds is 7. The molecular weight excluding hydrogens is 476 g/mol. The van der Waals surface area contributed by atoms with Gasteiger partial charge in [-0.05, 0) is 30.8 Å². The number of piperazine rings is 1. The predicted octanol–water partition coefficient (Wildman–Crippen LogP) is 3.92. The minimum Gasteiger partial charge on any atom is -0.494 e. The Kier molecular flexibility index (Phi) is 7.04. The molecule has 0 spiro atoms. The number of pyridine rings is 1. The summed E-state index contributed by atoms with van der Waals surface area (Å²) in [7, 11) is 3.81. The van der Waals surface area contributed by atoms with E-state index in [1.807, 2.05) is 42.6 Å². The Labute approximate surface area is 215 Å². The lowest BCUT2D eigenvalue weighted by Gasteiger charge is -2.35. The number of nitrogens with one attached hydrogen (secondary N) is 1. The summed E-state index contributed by atoms with van der Waals surface area (Å²) >= 11 is 6.50. The van der Waals surface area contributed by atoms with Gasteiger partial charge in [-0.25, -0.2) is 14.5 Å². The van der Waals surface area contributed by atoms with E-state index in [1.54, 1.807) is 24.0 Å². The molecule has 9 nitrogen and oxygen atoms in total. The second-order valence-corrected chi connectivity index (χ2v) is 9.05. The summed E-state index contributed by atoms with van der Waals surface area (Å²) in [5, 5.41) is 8.19. The summed E-state index contributed by atoms with van der Waals surface area (Å²) in [6.07, 6.45) is 9.24. The fourth-order valence-electron chi connectivity index (χ4n) is 4.36. The van der Waals surface area contributed by atoms with E-state index in [4.69, 9.17) is 27.1 Å². The monoisotopic (exact) mass is 504 g/mol. The summed E-state index contributed by atoms with van der Waals surface area (Å²) in [6.45, 7) is 4.36. The largest absolute Gasteiger partial charge is 0.494 e. The number of hydrogen-bond donors (Lipinski definition) is 2. The van der Waals surface area contributed by atoms with E-state index in [0.29, 0.717) is 29.0 Å². The van der Waals surface area contributed by atoms with E-state index in [-0.39, 0.29) is 0 Å². The number of ether oxygens (including phenoxy) is 1. The molecule has 1 aliphatic rings. The molecular formula is C26H29ClN8O. The zero-order valence-corrected chi connectivity index (χ0v) is 21.1. The Morgan fingerprint density at radius 2 is 2.00 bits per heavy atom. The van der Waals surface area contributed by atoms with Crippen molar-refractivity contribution in [2.45, 2.75) is 0 Å². The Morgan fingerprint density at radius 3 is 2.78 bits per heavy atom. The van der Waals surface area contributed by atoms with Gasteiger partial charge in [0.15, 0.2) is 0 Å². The standard InChI is InChI=1S/C26H29ClN8O/c1-33-10-12-34(13-11-33)23-15-24(36-2)21(14-18(23)6-5-8-28)31-26-29-17-20(27)25(32-26)19-16-30-35-9-4-3-7-22(19)35/h3-7,9,14-17H,8,10-13,28H2,1-2H3,(H,29,31,32). The summed E-state index contributed by atoms with van der Waals surface area (Å²) in [4.78, 5) is 13.9. The van der Waals surface area contributed by atoms with Crippen molar-refractivity contribution in [1.82, 2.24) is 24.5 Å².